The van der Waals surface area contributed by atoms with Crippen LogP contribution in [0.15, 0.2) is 23.5 Å². The van der Waals surface area contributed by atoms with Gasteiger partial charge in [-0.05, 0) is 66.4 Å². The second-order valence-corrected chi connectivity index (χ2v) is 8.38. The largest absolute Gasteiger partial charge is 0.443 e. The third-order valence-corrected chi connectivity index (χ3v) is 3.29. The average molecular weight is 364 g/mol. The van der Waals surface area contributed by atoms with Crippen LogP contribution in [-0.4, -0.2) is 50.6 Å². The Labute approximate surface area is 154 Å². The Morgan fingerprint density at radius 2 is 1.77 bits per heavy atom. The maximum absolute atomic E-state index is 12.8. The summed E-state index contributed by atoms with van der Waals surface area (Å²) >= 11 is 0. The highest BCUT2D eigenvalue weighted by Gasteiger charge is 2.34. The van der Waals surface area contributed by atoms with Crippen LogP contribution in [0.1, 0.15) is 54.4 Å². The van der Waals surface area contributed by atoms with Crippen molar-refractivity contribution in [3.8, 4) is 0 Å². The topological polar surface area (TPSA) is 86.0 Å². The van der Waals surface area contributed by atoms with E-state index in [9.17, 15) is 9.59 Å². The first-order valence-electron chi connectivity index (χ1n) is 8.77. The van der Waals surface area contributed by atoms with Gasteiger partial charge in [0.1, 0.15) is 11.2 Å². The van der Waals surface area contributed by atoms with E-state index < -0.39 is 23.4 Å². The van der Waals surface area contributed by atoms with Gasteiger partial charge in [0.05, 0.1) is 0 Å². The lowest BCUT2D eigenvalue weighted by Gasteiger charge is -2.28. The normalized spacial score (nSPS) is 15.5. The van der Waals surface area contributed by atoms with Gasteiger partial charge >= 0.3 is 12.2 Å². The lowest BCUT2D eigenvalue weighted by Crippen LogP contribution is -2.45. The molecular weight excluding hydrogens is 336 g/mol. The van der Waals surface area contributed by atoms with Gasteiger partial charge in [0.15, 0.2) is 0 Å². The van der Waals surface area contributed by atoms with Crippen molar-refractivity contribution in [2.45, 2.75) is 65.6 Å². The molecule has 1 fully saturated rings. The van der Waals surface area contributed by atoms with Crippen molar-refractivity contribution in [3.63, 3.8) is 0 Å². The van der Waals surface area contributed by atoms with Gasteiger partial charge in [0.2, 0.25) is 5.96 Å². The zero-order valence-electron chi connectivity index (χ0n) is 16.4. The van der Waals surface area contributed by atoms with Crippen LogP contribution in [0.4, 0.5) is 9.59 Å². The van der Waals surface area contributed by atoms with Gasteiger partial charge in [-0.25, -0.2) is 19.2 Å². The molecule has 0 N–H and O–H groups in total. The summed E-state index contributed by atoms with van der Waals surface area (Å²) < 4.78 is 12.1. The second-order valence-electron chi connectivity index (χ2n) is 8.38. The van der Waals surface area contributed by atoms with E-state index in [4.69, 9.17) is 9.47 Å². The maximum Gasteiger partial charge on any atom is 0.437 e. The van der Waals surface area contributed by atoms with Crippen LogP contribution in [-0.2, 0) is 9.47 Å². The molecule has 8 heteroatoms. The highest BCUT2D eigenvalue weighted by Crippen LogP contribution is 2.30. The number of hydrogen-bond acceptors (Lipinski definition) is 5. The number of carbonyl (C=O) groups is 2. The SMILES string of the molecule is CC(C)(C)OC(=O)/N=C(/N(CC1CC1)C(=O)OC(C)(C)C)n1cccn1. The van der Waals surface area contributed by atoms with E-state index in [-0.39, 0.29) is 5.96 Å². The summed E-state index contributed by atoms with van der Waals surface area (Å²) in [5, 5.41) is 4.12. The van der Waals surface area contributed by atoms with E-state index in [1.807, 2.05) is 0 Å². The highest BCUT2D eigenvalue weighted by atomic mass is 16.6. The summed E-state index contributed by atoms with van der Waals surface area (Å²) in [6.45, 7) is 11.0. The zero-order chi connectivity index (χ0) is 19.5. The molecule has 0 aliphatic heterocycles. The molecule has 0 radical (unpaired) electrons. The predicted octanol–water partition coefficient (Wildman–Crippen LogP) is 3.67. The second kappa shape index (κ2) is 7.47. The molecule has 26 heavy (non-hydrogen) atoms. The Bertz CT molecular complexity index is 664. The number of nitrogens with zero attached hydrogens (tertiary/aromatic N) is 4. The van der Waals surface area contributed by atoms with Crippen LogP contribution in [0.5, 0.6) is 0 Å². The van der Waals surface area contributed by atoms with Gasteiger partial charge in [0.25, 0.3) is 0 Å². The molecule has 144 valence electrons. The first kappa shape index (κ1) is 19.9. The van der Waals surface area contributed by atoms with Gasteiger partial charge < -0.3 is 9.47 Å². The van der Waals surface area contributed by atoms with Crippen molar-refractivity contribution in [1.29, 1.82) is 0 Å². The Kier molecular flexibility index (Phi) is 5.73. The number of aliphatic imine (C=N–C) groups is 1. The average Bonchev–Trinajstić information content (AvgIpc) is 3.09. The van der Waals surface area contributed by atoms with Crippen LogP contribution < -0.4 is 0 Å². The molecule has 0 bridgehead atoms. The van der Waals surface area contributed by atoms with Gasteiger partial charge in [-0.15, -0.1) is 4.99 Å². The molecule has 2 rings (SSSR count). The molecule has 0 aromatic carbocycles. The smallest absolute Gasteiger partial charge is 0.437 e. The first-order chi connectivity index (χ1) is 11.9. The number of rotatable bonds is 2. The molecule has 2 amide bonds. The quantitative estimate of drug-likeness (QED) is 0.590. The zero-order valence-corrected chi connectivity index (χ0v) is 16.4. The molecule has 0 atom stereocenters. The molecule has 0 saturated heterocycles. The molecule has 1 aromatic rings. The number of carbonyl (C=O) groups excluding carboxylic acids is 2. The predicted molar refractivity (Wildman–Crippen MR) is 97.0 cm³/mol. The van der Waals surface area contributed by atoms with Gasteiger partial charge in [0, 0.05) is 18.9 Å². The highest BCUT2D eigenvalue weighted by molar-refractivity contribution is 5.99. The Morgan fingerprint density at radius 3 is 2.23 bits per heavy atom. The number of ether oxygens (including phenoxy) is 2. The standard InChI is InChI=1S/C18H28N4O4/c1-17(2,3)25-15(23)20-14(22-11-7-10-19-22)21(12-13-8-9-13)16(24)26-18(4,5)6/h7,10-11,13H,8-9,12H2,1-6H3/b20-14-. The minimum atomic E-state index is -0.785. The van der Waals surface area contributed by atoms with Crippen LogP contribution >= 0.6 is 0 Å². The van der Waals surface area contributed by atoms with Gasteiger partial charge in [-0.1, -0.05) is 0 Å². The van der Waals surface area contributed by atoms with E-state index in [1.165, 1.54) is 9.58 Å². The van der Waals surface area contributed by atoms with Crippen molar-refractivity contribution in [2.75, 3.05) is 6.54 Å². The summed E-state index contributed by atoms with van der Waals surface area (Å²) in [4.78, 5) is 30.4. The van der Waals surface area contributed by atoms with Crippen LogP contribution in [0.3, 0.4) is 0 Å². The molecule has 1 aliphatic rings. The summed E-state index contributed by atoms with van der Waals surface area (Å²) in [6, 6.07) is 1.69. The van der Waals surface area contributed by atoms with Gasteiger partial charge in [-0.2, -0.15) is 5.10 Å². The van der Waals surface area contributed by atoms with E-state index in [2.05, 4.69) is 10.1 Å². The summed E-state index contributed by atoms with van der Waals surface area (Å²) in [6.07, 6.45) is 3.87. The lowest BCUT2D eigenvalue weighted by atomic mass is 10.2. The fraction of sp³-hybridized carbons (Fsp3) is 0.667. The minimum absolute atomic E-state index is 0.0744. The van der Waals surface area contributed by atoms with Crippen LogP contribution in [0, 0.1) is 5.92 Å². The fourth-order valence-corrected chi connectivity index (χ4v) is 2.10. The first-order valence-corrected chi connectivity index (χ1v) is 8.77. The van der Waals surface area contributed by atoms with Crippen molar-refractivity contribution in [2.24, 2.45) is 10.9 Å². The third kappa shape index (κ3) is 6.50. The monoisotopic (exact) mass is 364 g/mol. The number of aromatic nitrogens is 2. The molecule has 1 heterocycles. The fourth-order valence-electron chi connectivity index (χ4n) is 2.10. The maximum atomic E-state index is 12.8. The lowest BCUT2D eigenvalue weighted by molar-refractivity contribution is 0.0356. The third-order valence-electron chi connectivity index (χ3n) is 3.29. The summed E-state index contributed by atoms with van der Waals surface area (Å²) in [7, 11) is 0. The van der Waals surface area contributed by atoms with Crippen molar-refractivity contribution < 1.29 is 19.1 Å². The van der Waals surface area contributed by atoms with Crippen LogP contribution in [0.25, 0.3) is 0 Å². The molecule has 1 aliphatic carbocycles. The number of amides is 2. The van der Waals surface area contributed by atoms with Crippen molar-refractivity contribution in [1.82, 2.24) is 14.7 Å². The minimum Gasteiger partial charge on any atom is -0.443 e. The molecule has 1 aromatic heterocycles. The Morgan fingerprint density at radius 1 is 1.15 bits per heavy atom. The van der Waals surface area contributed by atoms with Crippen LogP contribution in [0.2, 0.25) is 0 Å². The van der Waals surface area contributed by atoms with E-state index in [0.717, 1.165) is 12.8 Å². The Balaban J connectivity index is 2.35. The summed E-state index contributed by atoms with van der Waals surface area (Å²) in [5.41, 5.74) is -1.36. The summed E-state index contributed by atoms with van der Waals surface area (Å²) in [5.74, 6) is 0.437. The van der Waals surface area contributed by atoms with E-state index in [0.29, 0.717) is 12.5 Å². The van der Waals surface area contributed by atoms with Crippen molar-refractivity contribution in [3.05, 3.63) is 18.5 Å². The van der Waals surface area contributed by atoms with E-state index in [1.54, 1.807) is 60.0 Å². The molecule has 0 spiro atoms. The molecular formula is C18H28N4O4. The van der Waals surface area contributed by atoms with Crippen molar-refractivity contribution >= 4 is 18.1 Å². The molecule has 8 nitrogen and oxygen atoms in total. The number of hydrogen-bond donors (Lipinski definition) is 0. The molecule has 1 saturated carbocycles. The van der Waals surface area contributed by atoms with E-state index >= 15 is 0 Å². The van der Waals surface area contributed by atoms with Gasteiger partial charge in [-0.3, -0.25) is 0 Å². The molecule has 0 unspecified atom stereocenters. The Hall–Kier alpha value is -2.38.